The average molecular weight is 260 g/mol. The molecule has 94 valence electrons. The molecule has 0 saturated heterocycles. The molecule has 4 nitrogen and oxygen atoms in total. The van der Waals surface area contributed by atoms with E-state index in [4.69, 9.17) is 5.11 Å². The van der Waals surface area contributed by atoms with E-state index in [1.165, 1.54) is 19.9 Å². The molecule has 0 spiro atoms. The second-order valence-electron chi connectivity index (χ2n) is 3.96. The van der Waals surface area contributed by atoms with Gasteiger partial charge in [0.25, 0.3) is 0 Å². The van der Waals surface area contributed by atoms with Crippen molar-refractivity contribution in [2.45, 2.75) is 24.9 Å². The Kier molecular flexibility index (Phi) is 3.87. The van der Waals surface area contributed by atoms with Crippen LogP contribution in [0.1, 0.15) is 29.8 Å². The number of hydrogen-bond acceptors (Lipinski definition) is 3. The van der Waals surface area contributed by atoms with E-state index in [1.54, 1.807) is 0 Å². The maximum Gasteiger partial charge on any atom is 0.336 e. The molecule has 1 aromatic carbocycles. The first-order valence-corrected chi connectivity index (χ1v) is 6.69. The van der Waals surface area contributed by atoms with Gasteiger partial charge in [0.1, 0.15) is 5.82 Å². The third kappa shape index (κ3) is 3.26. The molecule has 0 aliphatic carbocycles. The molecule has 0 aliphatic rings. The third-order valence-electron chi connectivity index (χ3n) is 2.38. The van der Waals surface area contributed by atoms with Crippen LogP contribution in [0.25, 0.3) is 0 Å². The maximum absolute atomic E-state index is 12.9. The number of halogens is 1. The van der Waals surface area contributed by atoms with Gasteiger partial charge >= 0.3 is 5.97 Å². The van der Waals surface area contributed by atoms with E-state index in [0.29, 0.717) is 0 Å². The zero-order valence-electron chi connectivity index (χ0n) is 9.47. The number of sulfone groups is 1. The van der Waals surface area contributed by atoms with E-state index in [9.17, 15) is 17.6 Å². The molecule has 0 bridgehead atoms. The summed E-state index contributed by atoms with van der Waals surface area (Å²) in [5.41, 5.74) is -0.207. The summed E-state index contributed by atoms with van der Waals surface area (Å²) in [6.45, 7) is 3.03. The van der Waals surface area contributed by atoms with Crippen LogP contribution in [0.2, 0.25) is 0 Å². The van der Waals surface area contributed by atoms with E-state index < -0.39 is 32.6 Å². The molecule has 0 radical (unpaired) electrons. The predicted molar refractivity (Wildman–Crippen MR) is 61.1 cm³/mol. The highest BCUT2D eigenvalue weighted by Crippen LogP contribution is 2.17. The van der Waals surface area contributed by atoms with E-state index in [2.05, 4.69) is 0 Å². The molecule has 0 saturated carbocycles. The van der Waals surface area contributed by atoms with Crippen LogP contribution in [0.4, 0.5) is 4.39 Å². The topological polar surface area (TPSA) is 71.4 Å². The molecule has 1 aromatic rings. The Morgan fingerprint density at radius 2 is 2.00 bits per heavy atom. The van der Waals surface area contributed by atoms with Gasteiger partial charge in [0.05, 0.1) is 16.6 Å². The van der Waals surface area contributed by atoms with Crippen LogP contribution in [0.3, 0.4) is 0 Å². The number of hydrogen-bond donors (Lipinski definition) is 1. The van der Waals surface area contributed by atoms with Gasteiger partial charge in [0.2, 0.25) is 0 Å². The van der Waals surface area contributed by atoms with E-state index in [0.717, 1.165) is 12.1 Å². The zero-order chi connectivity index (χ0) is 13.2. The normalized spacial score (nSPS) is 11.8. The minimum atomic E-state index is -3.41. The van der Waals surface area contributed by atoms with Gasteiger partial charge in [-0.1, -0.05) is 6.07 Å². The number of carboxylic acid groups (broad SMARTS) is 1. The lowest BCUT2D eigenvalue weighted by molar-refractivity contribution is 0.0695. The van der Waals surface area contributed by atoms with Crippen molar-refractivity contribution < 1.29 is 22.7 Å². The van der Waals surface area contributed by atoms with Crippen LogP contribution < -0.4 is 0 Å². The van der Waals surface area contributed by atoms with Gasteiger partial charge < -0.3 is 5.11 Å². The van der Waals surface area contributed by atoms with Gasteiger partial charge in [-0.05, 0) is 31.5 Å². The number of carbonyl (C=O) groups is 1. The monoisotopic (exact) mass is 260 g/mol. The summed E-state index contributed by atoms with van der Waals surface area (Å²) in [6, 6.07) is 3.07. The molecule has 0 aromatic heterocycles. The average Bonchev–Trinajstić information content (AvgIpc) is 2.19. The van der Waals surface area contributed by atoms with Crippen molar-refractivity contribution in [2.24, 2.45) is 0 Å². The largest absolute Gasteiger partial charge is 0.478 e. The zero-order valence-corrected chi connectivity index (χ0v) is 10.3. The number of benzene rings is 1. The standard InChI is InChI=1S/C11H13FO4S/c1-7(2)17(15,16)6-8-3-4-9(12)5-10(8)11(13)14/h3-5,7H,6H2,1-2H3,(H,13,14). The quantitative estimate of drug-likeness (QED) is 0.896. The van der Waals surface area contributed by atoms with Crippen LogP contribution in [0.15, 0.2) is 18.2 Å². The highest BCUT2D eigenvalue weighted by molar-refractivity contribution is 7.91. The smallest absolute Gasteiger partial charge is 0.336 e. The molecule has 0 amide bonds. The molecule has 0 unspecified atom stereocenters. The summed E-state index contributed by atoms with van der Waals surface area (Å²) in [4.78, 5) is 10.9. The van der Waals surface area contributed by atoms with Gasteiger partial charge in [-0.15, -0.1) is 0 Å². The van der Waals surface area contributed by atoms with Gasteiger partial charge in [0, 0.05) is 0 Å². The third-order valence-corrected chi connectivity index (χ3v) is 4.53. The van der Waals surface area contributed by atoms with Crippen molar-refractivity contribution in [3.63, 3.8) is 0 Å². The summed E-state index contributed by atoms with van der Waals surface area (Å²) in [6.07, 6.45) is 0. The van der Waals surface area contributed by atoms with Crippen molar-refractivity contribution in [3.8, 4) is 0 Å². The summed E-state index contributed by atoms with van der Waals surface area (Å²) < 4.78 is 36.2. The molecule has 17 heavy (non-hydrogen) atoms. The molecule has 0 heterocycles. The van der Waals surface area contributed by atoms with Crippen molar-refractivity contribution in [1.82, 2.24) is 0 Å². The Hall–Kier alpha value is -1.43. The highest BCUT2D eigenvalue weighted by atomic mass is 32.2. The van der Waals surface area contributed by atoms with Gasteiger partial charge in [0.15, 0.2) is 9.84 Å². The molecule has 1 rings (SSSR count). The van der Waals surface area contributed by atoms with E-state index in [-0.39, 0.29) is 11.1 Å². The summed E-state index contributed by atoms with van der Waals surface area (Å²) in [5.74, 6) is -2.43. The summed E-state index contributed by atoms with van der Waals surface area (Å²) in [7, 11) is -3.41. The van der Waals surface area contributed by atoms with Crippen LogP contribution >= 0.6 is 0 Å². The Morgan fingerprint density at radius 1 is 1.41 bits per heavy atom. The minimum absolute atomic E-state index is 0.104. The van der Waals surface area contributed by atoms with Crippen molar-refractivity contribution >= 4 is 15.8 Å². The van der Waals surface area contributed by atoms with Crippen molar-refractivity contribution in [3.05, 3.63) is 35.1 Å². The predicted octanol–water partition coefficient (Wildman–Crippen LogP) is 1.85. The number of rotatable bonds is 4. The minimum Gasteiger partial charge on any atom is -0.478 e. The number of carboxylic acids is 1. The van der Waals surface area contributed by atoms with Crippen molar-refractivity contribution in [2.75, 3.05) is 0 Å². The molecule has 1 N–H and O–H groups in total. The maximum atomic E-state index is 12.9. The van der Waals surface area contributed by atoms with E-state index in [1.807, 2.05) is 0 Å². The Balaban J connectivity index is 3.20. The fraction of sp³-hybridized carbons (Fsp3) is 0.364. The van der Waals surface area contributed by atoms with E-state index >= 15 is 0 Å². The lowest BCUT2D eigenvalue weighted by Gasteiger charge is -2.10. The van der Waals surface area contributed by atoms with Crippen LogP contribution in [-0.4, -0.2) is 24.7 Å². The fourth-order valence-corrected chi connectivity index (χ4v) is 2.28. The molecule has 0 fully saturated rings. The summed E-state index contributed by atoms with van der Waals surface area (Å²) >= 11 is 0. The van der Waals surface area contributed by atoms with Crippen LogP contribution in [0.5, 0.6) is 0 Å². The molecule has 0 atom stereocenters. The molecular weight excluding hydrogens is 247 g/mol. The van der Waals surface area contributed by atoms with Gasteiger partial charge in [-0.25, -0.2) is 17.6 Å². The van der Waals surface area contributed by atoms with Gasteiger partial charge in [-0.3, -0.25) is 0 Å². The van der Waals surface area contributed by atoms with Crippen molar-refractivity contribution in [1.29, 1.82) is 0 Å². The first kappa shape index (κ1) is 13.6. The Bertz CT molecular complexity index is 534. The summed E-state index contributed by atoms with van der Waals surface area (Å²) in [5, 5.41) is 8.26. The Labute approximate surface area is 99.0 Å². The molecule has 6 heteroatoms. The second-order valence-corrected chi connectivity index (χ2v) is 6.52. The first-order valence-electron chi connectivity index (χ1n) is 4.97. The second kappa shape index (κ2) is 4.83. The number of aromatic carboxylic acids is 1. The Morgan fingerprint density at radius 3 is 2.47 bits per heavy atom. The van der Waals surface area contributed by atoms with Gasteiger partial charge in [-0.2, -0.15) is 0 Å². The van der Waals surface area contributed by atoms with Crippen LogP contribution in [0, 0.1) is 5.82 Å². The van der Waals surface area contributed by atoms with Crippen LogP contribution in [-0.2, 0) is 15.6 Å². The fourth-order valence-electron chi connectivity index (χ4n) is 1.26. The molecular formula is C11H13FO4S. The lowest BCUT2D eigenvalue weighted by atomic mass is 10.1. The highest BCUT2D eigenvalue weighted by Gasteiger charge is 2.21. The first-order chi connectivity index (χ1) is 7.74. The lowest BCUT2D eigenvalue weighted by Crippen LogP contribution is -2.18. The SMILES string of the molecule is CC(C)S(=O)(=O)Cc1ccc(F)cc1C(=O)O. The molecule has 0 aliphatic heterocycles.